The zero-order valence-electron chi connectivity index (χ0n) is 10.7. The maximum atomic E-state index is 13.0. The largest absolute Gasteiger partial charge is 0.444 e. The van der Waals surface area contributed by atoms with E-state index in [9.17, 15) is 9.18 Å². The Kier molecular flexibility index (Phi) is 3.30. The van der Waals surface area contributed by atoms with Gasteiger partial charge in [-0.15, -0.1) is 0 Å². The number of carbonyl (C=O) groups is 1. The molecule has 0 radical (unpaired) electrons. The van der Waals surface area contributed by atoms with Crippen molar-refractivity contribution in [2.45, 2.75) is 57.5 Å². The maximum absolute atomic E-state index is 13.0. The molecule has 2 unspecified atom stereocenters. The van der Waals surface area contributed by atoms with Gasteiger partial charge in [-0.2, -0.15) is 0 Å². The topological polar surface area (TPSA) is 41.6 Å². The summed E-state index contributed by atoms with van der Waals surface area (Å²) in [6, 6.07) is 0.229. The van der Waals surface area contributed by atoms with Crippen molar-refractivity contribution in [3.05, 3.63) is 0 Å². The molecule has 1 aliphatic carbocycles. The molecule has 1 N–H and O–H groups in total. The van der Waals surface area contributed by atoms with Crippen molar-refractivity contribution in [1.82, 2.24) is 10.2 Å². The minimum absolute atomic E-state index is 0.000728. The molecule has 17 heavy (non-hydrogen) atoms. The quantitative estimate of drug-likeness (QED) is 0.803. The molecule has 1 amide bonds. The van der Waals surface area contributed by atoms with E-state index in [0.717, 1.165) is 6.42 Å². The predicted molar refractivity (Wildman–Crippen MR) is 62.6 cm³/mol. The lowest BCUT2D eigenvalue weighted by Gasteiger charge is -2.44. The molecule has 1 saturated carbocycles. The molecule has 2 aliphatic rings. The van der Waals surface area contributed by atoms with Crippen LogP contribution in [0.2, 0.25) is 0 Å². The van der Waals surface area contributed by atoms with Crippen molar-refractivity contribution < 1.29 is 13.9 Å². The van der Waals surface area contributed by atoms with E-state index in [1.165, 1.54) is 0 Å². The first kappa shape index (κ1) is 12.6. The summed E-state index contributed by atoms with van der Waals surface area (Å²) in [5, 5.41) is 3.23. The Morgan fingerprint density at radius 1 is 1.35 bits per heavy atom. The minimum Gasteiger partial charge on any atom is -0.444 e. The number of ether oxygens (including phenoxy) is 1. The molecular weight excluding hydrogens is 223 g/mol. The number of rotatable bonds is 2. The van der Waals surface area contributed by atoms with Gasteiger partial charge in [0.05, 0.1) is 0 Å². The van der Waals surface area contributed by atoms with Crippen molar-refractivity contribution in [1.29, 1.82) is 0 Å². The Bertz CT molecular complexity index is 297. The van der Waals surface area contributed by atoms with Crippen LogP contribution in [-0.4, -0.2) is 47.9 Å². The van der Waals surface area contributed by atoms with Crippen LogP contribution in [0.25, 0.3) is 0 Å². The molecule has 0 aromatic rings. The fourth-order valence-corrected chi connectivity index (χ4v) is 2.01. The highest BCUT2D eigenvalue weighted by Crippen LogP contribution is 2.25. The molecule has 1 saturated heterocycles. The number of hydrogen-bond acceptors (Lipinski definition) is 3. The van der Waals surface area contributed by atoms with Gasteiger partial charge in [-0.3, -0.25) is 0 Å². The van der Waals surface area contributed by atoms with Gasteiger partial charge in [0.1, 0.15) is 11.8 Å². The van der Waals surface area contributed by atoms with Gasteiger partial charge in [0, 0.05) is 25.2 Å². The number of nitrogens with zero attached hydrogens (tertiary/aromatic N) is 1. The molecule has 2 fully saturated rings. The molecule has 4 nitrogen and oxygen atoms in total. The second kappa shape index (κ2) is 4.44. The van der Waals surface area contributed by atoms with E-state index < -0.39 is 11.8 Å². The summed E-state index contributed by atoms with van der Waals surface area (Å²) in [5.74, 6) is 0. The second-order valence-electron chi connectivity index (χ2n) is 5.95. The molecule has 0 bridgehead atoms. The Hall–Kier alpha value is -0.840. The van der Waals surface area contributed by atoms with Gasteiger partial charge < -0.3 is 15.0 Å². The number of carbonyl (C=O) groups excluding carboxylic acids is 1. The molecule has 0 aromatic carbocycles. The van der Waals surface area contributed by atoms with E-state index in [0.29, 0.717) is 19.5 Å². The fraction of sp³-hybridized carbons (Fsp3) is 0.917. The van der Waals surface area contributed by atoms with Crippen LogP contribution >= 0.6 is 0 Å². The number of alkyl halides is 1. The van der Waals surface area contributed by atoms with Crippen LogP contribution in [-0.2, 0) is 4.74 Å². The summed E-state index contributed by atoms with van der Waals surface area (Å²) in [6.07, 6.45) is 0.594. The van der Waals surface area contributed by atoms with E-state index >= 15 is 0 Å². The number of halogens is 1. The maximum Gasteiger partial charge on any atom is 0.410 e. The van der Waals surface area contributed by atoms with Gasteiger partial charge in [-0.25, -0.2) is 9.18 Å². The Balaban J connectivity index is 1.66. The summed E-state index contributed by atoms with van der Waals surface area (Å²) in [5.41, 5.74) is -0.451. The first-order valence-electron chi connectivity index (χ1n) is 6.23. The molecule has 2 rings (SSSR count). The third kappa shape index (κ3) is 3.09. The van der Waals surface area contributed by atoms with E-state index in [1.807, 2.05) is 20.8 Å². The zero-order valence-corrected chi connectivity index (χ0v) is 10.7. The van der Waals surface area contributed by atoms with Gasteiger partial charge in [0.25, 0.3) is 0 Å². The summed E-state index contributed by atoms with van der Waals surface area (Å²) in [6.45, 7) is 6.80. The van der Waals surface area contributed by atoms with E-state index in [4.69, 9.17) is 4.74 Å². The number of amides is 1. The molecule has 5 heteroatoms. The smallest absolute Gasteiger partial charge is 0.410 e. The summed E-state index contributed by atoms with van der Waals surface area (Å²) >= 11 is 0. The van der Waals surface area contributed by atoms with Gasteiger partial charge in [-0.05, 0) is 33.6 Å². The van der Waals surface area contributed by atoms with Crippen molar-refractivity contribution in [3.63, 3.8) is 0 Å². The molecule has 1 heterocycles. The average molecular weight is 244 g/mol. The normalized spacial score (nSPS) is 29.5. The molecule has 1 aliphatic heterocycles. The minimum atomic E-state index is -0.703. The van der Waals surface area contributed by atoms with Gasteiger partial charge in [0.2, 0.25) is 0 Å². The van der Waals surface area contributed by atoms with Crippen LogP contribution in [0.5, 0.6) is 0 Å². The zero-order chi connectivity index (χ0) is 12.6. The van der Waals surface area contributed by atoms with Crippen molar-refractivity contribution >= 4 is 6.09 Å². The summed E-state index contributed by atoms with van der Waals surface area (Å²) in [4.78, 5) is 13.3. The first-order chi connectivity index (χ1) is 7.85. The number of nitrogens with one attached hydrogen (secondary N) is 1. The first-order valence-corrected chi connectivity index (χ1v) is 6.23. The van der Waals surface area contributed by atoms with Crippen LogP contribution in [0.15, 0.2) is 0 Å². The van der Waals surface area contributed by atoms with Gasteiger partial charge >= 0.3 is 6.09 Å². The highest BCUT2D eigenvalue weighted by Gasteiger charge is 2.38. The van der Waals surface area contributed by atoms with E-state index in [-0.39, 0.29) is 18.2 Å². The van der Waals surface area contributed by atoms with Crippen LogP contribution in [0.4, 0.5) is 9.18 Å². The van der Waals surface area contributed by atoms with Crippen LogP contribution in [0.1, 0.15) is 33.6 Å². The lowest BCUT2D eigenvalue weighted by atomic mass is 9.89. The third-order valence-electron chi connectivity index (χ3n) is 3.17. The average Bonchev–Trinajstić information content (AvgIpc) is 2.10. The Morgan fingerprint density at radius 2 is 2.00 bits per heavy atom. The van der Waals surface area contributed by atoms with Gasteiger partial charge in [0.15, 0.2) is 0 Å². The number of likely N-dealkylation sites (tertiary alicyclic amines) is 1. The van der Waals surface area contributed by atoms with E-state index in [1.54, 1.807) is 4.90 Å². The lowest BCUT2D eigenvalue weighted by molar-refractivity contribution is -0.0000317. The summed E-state index contributed by atoms with van der Waals surface area (Å²) < 4.78 is 18.3. The van der Waals surface area contributed by atoms with Crippen molar-refractivity contribution in [2.75, 3.05) is 13.1 Å². The third-order valence-corrected chi connectivity index (χ3v) is 3.17. The molecule has 2 atom stereocenters. The SMILES string of the molecule is CC(C)(C)OC(=O)N1CC(NC2CCC2F)C1. The molecule has 0 aromatic heterocycles. The lowest BCUT2D eigenvalue weighted by Crippen LogP contribution is -2.64. The van der Waals surface area contributed by atoms with Crippen LogP contribution in [0.3, 0.4) is 0 Å². The Morgan fingerprint density at radius 3 is 2.41 bits per heavy atom. The van der Waals surface area contributed by atoms with Crippen LogP contribution in [0, 0.1) is 0 Å². The highest BCUT2D eigenvalue weighted by atomic mass is 19.1. The fourth-order valence-electron chi connectivity index (χ4n) is 2.01. The molecule has 0 spiro atoms. The van der Waals surface area contributed by atoms with E-state index in [2.05, 4.69) is 5.32 Å². The number of hydrogen-bond donors (Lipinski definition) is 1. The molecule has 98 valence electrons. The monoisotopic (exact) mass is 244 g/mol. The van der Waals surface area contributed by atoms with Crippen LogP contribution < -0.4 is 5.32 Å². The predicted octanol–water partition coefficient (Wildman–Crippen LogP) is 1.70. The highest BCUT2D eigenvalue weighted by molar-refractivity contribution is 5.69. The van der Waals surface area contributed by atoms with Crippen molar-refractivity contribution in [3.8, 4) is 0 Å². The second-order valence-corrected chi connectivity index (χ2v) is 5.95. The standard InChI is InChI=1S/C12H21FN2O2/c1-12(2,3)17-11(16)15-6-8(7-15)14-10-5-4-9(10)13/h8-10,14H,4-7H2,1-3H3. The van der Waals surface area contributed by atoms with Crippen molar-refractivity contribution in [2.24, 2.45) is 0 Å². The summed E-state index contributed by atoms with van der Waals surface area (Å²) in [7, 11) is 0. The Labute approximate surface area is 101 Å². The van der Waals surface area contributed by atoms with Gasteiger partial charge in [-0.1, -0.05) is 0 Å². The molecular formula is C12H21FN2O2.